The number of hydrogen-bond donors (Lipinski definition) is 0. The van der Waals surface area contributed by atoms with Gasteiger partial charge in [0.1, 0.15) is 9.33 Å². The van der Waals surface area contributed by atoms with Crippen molar-refractivity contribution in [3.63, 3.8) is 0 Å². The first-order valence-corrected chi connectivity index (χ1v) is 5.59. The molecule has 1 aromatic rings. The fourth-order valence-electron chi connectivity index (χ4n) is 0.989. The molecule has 0 N–H and O–H groups in total. The maximum atomic E-state index is 12.4. The van der Waals surface area contributed by atoms with Crippen molar-refractivity contribution in [1.29, 1.82) is 0 Å². The Labute approximate surface area is 109 Å². The number of benzene rings is 1. The van der Waals surface area contributed by atoms with E-state index in [4.69, 9.17) is 16.3 Å². The second-order valence-corrected chi connectivity index (χ2v) is 4.31. The third-order valence-electron chi connectivity index (χ3n) is 1.79. The molecule has 0 fully saturated rings. The monoisotopic (exact) mass is 362 g/mol. The highest BCUT2D eigenvalue weighted by Crippen LogP contribution is 2.39. The van der Waals surface area contributed by atoms with Gasteiger partial charge in [-0.05, 0) is 52.4 Å². The Balaban J connectivity index is 3.09. The van der Waals surface area contributed by atoms with Gasteiger partial charge in [-0.15, -0.1) is 0 Å². The molecule has 0 saturated heterocycles. The first kappa shape index (κ1) is 13.6. The number of hydrogen-bond acceptors (Lipinski definition) is 1. The Morgan fingerprint density at radius 1 is 1.25 bits per heavy atom. The van der Waals surface area contributed by atoms with E-state index in [9.17, 15) is 13.2 Å². The van der Waals surface area contributed by atoms with E-state index in [1.54, 1.807) is 12.1 Å². The number of ether oxygens (including phenoxy) is 1. The average Bonchev–Trinajstić information content (AvgIpc) is 2.26. The summed E-state index contributed by atoms with van der Waals surface area (Å²) >= 11 is 6.84. The number of halogens is 5. The van der Waals surface area contributed by atoms with E-state index < -0.39 is 9.76 Å². The molecule has 0 aliphatic heterocycles. The summed E-state index contributed by atoms with van der Waals surface area (Å²) in [6, 6.07) is 6.06. The molecule has 88 valence electrons. The van der Waals surface area contributed by atoms with Crippen LogP contribution in [0.2, 0.25) is 0 Å². The summed E-state index contributed by atoms with van der Waals surface area (Å²) in [5.41, 5.74) is 0.309. The molecule has 0 aromatic heterocycles. The molecule has 1 nitrogen and oxygen atoms in total. The van der Waals surface area contributed by atoms with Crippen molar-refractivity contribution in [2.75, 3.05) is 7.11 Å². The molecule has 6 heteroatoms. The molecule has 0 aliphatic carbocycles. The van der Waals surface area contributed by atoms with Crippen LogP contribution in [0.5, 0.6) is 5.75 Å². The van der Waals surface area contributed by atoms with Gasteiger partial charge in [-0.2, -0.15) is 13.2 Å². The van der Waals surface area contributed by atoms with Crippen LogP contribution in [0.4, 0.5) is 13.2 Å². The van der Waals surface area contributed by atoms with Gasteiger partial charge in [-0.25, -0.2) is 0 Å². The lowest BCUT2D eigenvalue weighted by Crippen LogP contribution is -2.07. The molecule has 0 saturated carbocycles. The van der Waals surface area contributed by atoms with Gasteiger partial charge in [-0.1, -0.05) is 11.6 Å². The second-order valence-electron chi connectivity index (χ2n) is 2.85. The number of alkyl halides is 3. The molecule has 1 rings (SSSR count). The molecule has 0 amide bonds. The largest absolute Gasteiger partial charge is 0.497 e. The topological polar surface area (TPSA) is 9.23 Å². The Morgan fingerprint density at radius 2 is 1.75 bits per heavy atom. The van der Waals surface area contributed by atoms with Gasteiger partial charge in [0, 0.05) is 0 Å². The molecular formula is C10H7ClF3IO. The zero-order valence-corrected chi connectivity index (χ0v) is 11.0. The fraction of sp³-hybridized carbons (Fsp3) is 0.200. The molecule has 0 unspecified atom stereocenters. The van der Waals surface area contributed by atoms with Gasteiger partial charge in [0.2, 0.25) is 0 Å². The van der Waals surface area contributed by atoms with E-state index >= 15 is 0 Å². The van der Waals surface area contributed by atoms with Crippen molar-refractivity contribution in [1.82, 2.24) is 0 Å². The Hall–Kier alpha value is -0.430. The molecule has 1 aromatic carbocycles. The summed E-state index contributed by atoms with van der Waals surface area (Å²) < 4.78 is 41.1. The molecule has 0 aliphatic rings. The summed E-state index contributed by atoms with van der Waals surface area (Å²) in [5, 5.41) is -0.309. The van der Waals surface area contributed by atoms with Crippen molar-refractivity contribution in [3.8, 4) is 5.75 Å². The molecule has 0 radical (unpaired) electrons. The first-order valence-electron chi connectivity index (χ1n) is 4.13. The van der Waals surface area contributed by atoms with E-state index in [2.05, 4.69) is 0 Å². The van der Waals surface area contributed by atoms with Crippen LogP contribution in [-0.2, 0) is 0 Å². The predicted octanol–water partition coefficient (Wildman–Crippen LogP) is 4.60. The SMILES string of the molecule is COc1ccc(/C(Cl)=C(/I)C(F)(F)F)cc1. The maximum Gasteiger partial charge on any atom is 0.423 e. The van der Waals surface area contributed by atoms with E-state index in [0.717, 1.165) is 0 Å². The van der Waals surface area contributed by atoms with Crippen LogP contribution < -0.4 is 4.74 Å². The number of methoxy groups -OCH3 is 1. The third kappa shape index (κ3) is 3.28. The van der Waals surface area contributed by atoms with E-state index in [1.807, 2.05) is 0 Å². The van der Waals surface area contributed by atoms with Crippen molar-refractivity contribution < 1.29 is 17.9 Å². The lowest BCUT2D eigenvalue weighted by atomic mass is 10.2. The number of rotatable bonds is 2. The van der Waals surface area contributed by atoms with Gasteiger partial charge in [0.15, 0.2) is 0 Å². The minimum Gasteiger partial charge on any atom is -0.497 e. The van der Waals surface area contributed by atoms with Crippen LogP contribution in [0.1, 0.15) is 5.56 Å². The average molecular weight is 363 g/mol. The zero-order chi connectivity index (χ0) is 12.3. The van der Waals surface area contributed by atoms with Gasteiger partial charge in [0.25, 0.3) is 0 Å². The highest BCUT2D eigenvalue weighted by Gasteiger charge is 2.34. The standard InChI is InChI=1S/C10H7ClF3IO/c1-16-7-4-2-6(3-5-7)8(11)9(15)10(12,13)14/h2-5H,1H3/b9-8-. The summed E-state index contributed by atoms with van der Waals surface area (Å²) in [6.45, 7) is 0. The molecule has 0 heterocycles. The van der Waals surface area contributed by atoms with Crippen LogP contribution in [0.15, 0.2) is 27.8 Å². The summed E-state index contributed by atoms with van der Waals surface area (Å²) in [6.07, 6.45) is -4.42. The van der Waals surface area contributed by atoms with E-state index in [-0.39, 0.29) is 5.03 Å². The fourth-order valence-corrected chi connectivity index (χ4v) is 1.53. The van der Waals surface area contributed by atoms with Crippen molar-refractivity contribution >= 4 is 39.2 Å². The third-order valence-corrected chi connectivity index (χ3v) is 3.66. The van der Waals surface area contributed by atoms with Crippen molar-refractivity contribution in [2.24, 2.45) is 0 Å². The summed E-state index contributed by atoms with van der Waals surface area (Å²) in [5.74, 6) is 0.565. The van der Waals surface area contributed by atoms with Crippen LogP contribution in [0.3, 0.4) is 0 Å². The highest BCUT2D eigenvalue weighted by atomic mass is 127. The minimum atomic E-state index is -4.42. The zero-order valence-electron chi connectivity index (χ0n) is 8.11. The maximum absolute atomic E-state index is 12.4. The molecule has 0 spiro atoms. The molecule has 16 heavy (non-hydrogen) atoms. The van der Waals surface area contributed by atoms with Gasteiger partial charge >= 0.3 is 6.18 Å². The van der Waals surface area contributed by atoms with E-state index in [0.29, 0.717) is 11.3 Å². The van der Waals surface area contributed by atoms with Crippen molar-refractivity contribution in [2.45, 2.75) is 6.18 Å². The molecule has 0 atom stereocenters. The van der Waals surface area contributed by atoms with E-state index in [1.165, 1.54) is 41.8 Å². The lowest BCUT2D eigenvalue weighted by molar-refractivity contribution is -0.0810. The van der Waals surface area contributed by atoms with Crippen LogP contribution in [0, 0.1) is 0 Å². The molecule has 0 bridgehead atoms. The van der Waals surface area contributed by atoms with Crippen LogP contribution in [0.25, 0.3) is 5.03 Å². The first-order chi connectivity index (χ1) is 7.36. The Morgan fingerprint density at radius 3 is 2.12 bits per heavy atom. The van der Waals surface area contributed by atoms with Gasteiger partial charge in [-0.3, -0.25) is 0 Å². The van der Waals surface area contributed by atoms with Gasteiger partial charge in [0.05, 0.1) is 12.1 Å². The summed E-state index contributed by atoms with van der Waals surface area (Å²) in [4.78, 5) is 0. The quantitative estimate of drug-likeness (QED) is 0.699. The van der Waals surface area contributed by atoms with Crippen LogP contribution >= 0.6 is 34.2 Å². The Kier molecular flexibility index (Phi) is 4.49. The minimum absolute atomic E-state index is 0.309. The van der Waals surface area contributed by atoms with Crippen LogP contribution in [-0.4, -0.2) is 13.3 Å². The summed E-state index contributed by atoms with van der Waals surface area (Å²) in [7, 11) is 1.48. The van der Waals surface area contributed by atoms with Crippen molar-refractivity contribution in [3.05, 3.63) is 33.4 Å². The second kappa shape index (κ2) is 5.27. The van der Waals surface area contributed by atoms with Gasteiger partial charge < -0.3 is 4.74 Å². The molecular weight excluding hydrogens is 355 g/mol. The smallest absolute Gasteiger partial charge is 0.423 e. The lowest BCUT2D eigenvalue weighted by Gasteiger charge is -2.08. The normalized spacial score (nSPS) is 13.4. The highest BCUT2D eigenvalue weighted by molar-refractivity contribution is 14.1. The number of allylic oxidation sites excluding steroid dienone is 1. The Bertz CT molecular complexity index is 398. The predicted molar refractivity (Wildman–Crippen MR) is 65.8 cm³/mol.